The molecule has 28 heavy (non-hydrogen) atoms. The third-order valence-corrected chi connectivity index (χ3v) is 5.87. The number of benzene rings is 1. The summed E-state index contributed by atoms with van der Waals surface area (Å²) in [6.45, 7) is 8.63. The van der Waals surface area contributed by atoms with E-state index in [1.54, 1.807) is 0 Å². The number of carbonyl (C=O) groups is 1. The van der Waals surface area contributed by atoms with Crippen LogP contribution in [0.15, 0.2) is 36.7 Å². The van der Waals surface area contributed by atoms with E-state index in [2.05, 4.69) is 33.6 Å². The number of hydrogen-bond donors (Lipinski definition) is 0. The quantitative estimate of drug-likeness (QED) is 0.737. The van der Waals surface area contributed by atoms with Crippen LogP contribution in [0.5, 0.6) is 0 Å². The fraction of sp³-hybridized carbons (Fsp3) is 0.522. The summed E-state index contributed by atoms with van der Waals surface area (Å²) in [5, 5.41) is 0. The molecule has 0 unspecified atom stereocenters. The zero-order valence-electron chi connectivity index (χ0n) is 17.0. The van der Waals surface area contributed by atoms with Crippen LogP contribution in [-0.4, -0.2) is 52.9 Å². The number of Topliss-reactive ketones (excluding diaryl/α,β-unsaturated/α-hetero) is 1. The fourth-order valence-electron chi connectivity index (χ4n) is 3.84. The van der Waals surface area contributed by atoms with Crippen molar-refractivity contribution in [2.45, 2.75) is 45.6 Å². The smallest absolute Gasteiger partial charge is 0.147 e. The van der Waals surface area contributed by atoms with Gasteiger partial charge >= 0.3 is 0 Å². The lowest BCUT2D eigenvalue weighted by atomic mass is 10.0. The highest BCUT2D eigenvalue weighted by atomic mass is 16.1. The second-order valence-electron chi connectivity index (χ2n) is 8.44. The molecule has 1 saturated heterocycles. The molecule has 1 aromatic carbocycles. The van der Waals surface area contributed by atoms with E-state index in [0.717, 1.165) is 55.2 Å². The fourth-order valence-corrected chi connectivity index (χ4v) is 3.84. The summed E-state index contributed by atoms with van der Waals surface area (Å²) in [7, 11) is 0. The van der Waals surface area contributed by atoms with Gasteiger partial charge in [0.2, 0.25) is 0 Å². The molecule has 2 heterocycles. The van der Waals surface area contributed by atoms with Crippen LogP contribution in [0.4, 0.5) is 5.82 Å². The molecule has 4 rings (SSSR count). The first kappa shape index (κ1) is 19.1. The van der Waals surface area contributed by atoms with Gasteiger partial charge in [-0.3, -0.25) is 14.7 Å². The van der Waals surface area contributed by atoms with Crippen molar-refractivity contribution in [3.05, 3.63) is 42.2 Å². The van der Waals surface area contributed by atoms with Gasteiger partial charge in [-0.25, -0.2) is 4.98 Å². The summed E-state index contributed by atoms with van der Waals surface area (Å²) in [5.74, 6) is 1.97. The third-order valence-electron chi connectivity index (χ3n) is 5.87. The molecule has 0 atom stereocenters. The molecule has 0 radical (unpaired) electrons. The normalized spacial score (nSPS) is 17.9. The van der Waals surface area contributed by atoms with Crippen LogP contribution in [0.3, 0.4) is 0 Å². The standard InChI is InChI=1S/C23H30N4O/c1-17(2)26-9-11-27(12-10-26)23-16-24-22(15-25-23)20-7-5-19(6-8-20)14-21(28)13-18-3-4-18/h5-8,15-18H,3-4,9-14H2,1-2H3. The molecule has 0 amide bonds. The highest BCUT2D eigenvalue weighted by Gasteiger charge is 2.24. The molecule has 0 N–H and O–H groups in total. The maximum Gasteiger partial charge on any atom is 0.147 e. The first-order valence-corrected chi connectivity index (χ1v) is 10.5. The Hall–Kier alpha value is -2.27. The molecule has 2 aliphatic rings. The second kappa shape index (κ2) is 8.39. The van der Waals surface area contributed by atoms with Gasteiger partial charge in [-0.2, -0.15) is 0 Å². The minimum Gasteiger partial charge on any atom is -0.353 e. The molecule has 0 spiro atoms. The molecular weight excluding hydrogens is 348 g/mol. The molecule has 1 saturated carbocycles. The molecule has 0 bridgehead atoms. The van der Waals surface area contributed by atoms with Crippen LogP contribution in [0.1, 0.15) is 38.7 Å². The van der Waals surface area contributed by atoms with E-state index in [1.165, 1.54) is 12.8 Å². The van der Waals surface area contributed by atoms with E-state index in [4.69, 9.17) is 0 Å². The number of aromatic nitrogens is 2. The molecule has 1 aliphatic heterocycles. The van der Waals surface area contributed by atoms with Gasteiger partial charge in [0.1, 0.15) is 11.6 Å². The number of ketones is 1. The first-order valence-electron chi connectivity index (χ1n) is 10.5. The highest BCUT2D eigenvalue weighted by Crippen LogP contribution is 2.32. The average Bonchev–Trinajstić information content (AvgIpc) is 3.53. The first-order chi connectivity index (χ1) is 13.6. The zero-order valence-corrected chi connectivity index (χ0v) is 17.0. The second-order valence-corrected chi connectivity index (χ2v) is 8.44. The van der Waals surface area contributed by atoms with Crippen molar-refractivity contribution in [1.29, 1.82) is 0 Å². The molecule has 5 heteroatoms. The number of piperazine rings is 1. The Kier molecular flexibility index (Phi) is 5.72. The van der Waals surface area contributed by atoms with Gasteiger partial charge in [-0.15, -0.1) is 0 Å². The van der Waals surface area contributed by atoms with Crippen molar-refractivity contribution >= 4 is 11.6 Å². The van der Waals surface area contributed by atoms with E-state index >= 15 is 0 Å². The predicted octanol–water partition coefficient (Wildman–Crippen LogP) is 3.59. The van der Waals surface area contributed by atoms with E-state index < -0.39 is 0 Å². The Morgan fingerprint density at radius 1 is 1.04 bits per heavy atom. The van der Waals surface area contributed by atoms with Crippen LogP contribution in [0.2, 0.25) is 0 Å². The molecule has 2 aromatic rings. The van der Waals surface area contributed by atoms with Crippen molar-refractivity contribution < 1.29 is 4.79 Å². The van der Waals surface area contributed by atoms with Crippen LogP contribution in [0.25, 0.3) is 11.3 Å². The Labute approximate surface area is 167 Å². The molecule has 5 nitrogen and oxygen atoms in total. The third kappa shape index (κ3) is 4.76. The average molecular weight is 379 g/mol. The molecule has 148 valence electrons. The van der Waals surface area contributed by atoms with Crippen molar-refractivity contribution in [3.63, 3.8) is 0 Å². The minimum absolute atomic E-state index is 0.358. The van der Waals surface area contributed by atoms with Gasteiger partial charge < -0.3 is 4.90 Å². The van der Waals surface area contributed by atoms with E-state index in [0.29, 0.717) is 24.2 Å². The van der Waals surface area contributed by atoms with Crippen molar-refractivity contribution in [2.75, 3.05) is 31.1 Å². The van der Waals surface area contributed by atoms with Gasteiger partial charge in [0.15, 0.2) is 0 Å². The molecular formula is C23H30N4O. The Morgan fingerprint density at radius 2 is 1.75 bits per heavy atom. The van der Waals surface area contributed by atoms with E-state index in [1.807, 2.05) is 36.7 Å². The molecule has 1 aliphatic carbocycles. The Morgan fingerprint density at radius 3 is 2.32 bits per heavy atom. The largest absolute Gasteiger partial charge is 0.353 e. The van der Waals surface area contributed by atoms with Gasteiger partial charge in [0.05, 0.1) is 18.1 Å². The van der Waals surface area contributed by atoms with Crippen LogP contribution in [0, 0.1) is 5.92 Å². The van der Waals surface area contributed by atoms with E-state index in [9.17, 15) is 4.79 Å². The summed E-state index contributed by atoms with van der Waals surface area (Å²) in [4.78, 5) is 26.1. The van der Waals surface area contributed by atoms with E-state index in [-0.39, 0.29) is 0 Å². The lowest BCUT2D eigenvalue weighted by Crippen LogP contribution is -2.49. The predicted molar refractivity (Wildman–Crippen MR) is 112 cm³/mol. The summed E-state index contributed by atoms with van der Waals surface area (Å²) in [5.41, 5.74) is 3.00. The van der Waals surface area contributed by atoms with Crippen molar-refractivity contribution in [1.82, 2.24) is 14.9 Å². The monoisotopic (exact) mass is 378 g/mol. The van der Waals surface area contributed by atoms with Crippen molar-refractivity contribution in [2.24, 2.45) is 5.92 Å². The topological polar surface area (TPSA) is 49.3 Å². The summed E-state index contributed by atoms with van der Waals surface area (Å²) >= 11 is 0. The zero-order chi connectivity index (χ0) is 19.5. The minimum atomic E-state index is 0.358. The maximum absolute atomic E-state index is 12.0. The van der Waals surface area contributed by atoms with Gasteiger partial charge in [-0.1, -0.05) is 24.3 Å². The summed E-state index contributed by atoms with van der Waals surface area (Å²) in [6.07, 6.45) is 7.49. The highest BCUT2D eigenvalue weighted by molar-refractivity contribution is 5.81. The number of nitrogens with zero attached hydrogens (tertiary/aromatic N) is 4. The number of carbonyl (C=O) groups excluding carboxylic acids is 1. The van der Waals surface area contributed by atoms with Gasteiger partial charge in [-0.05, 0) is 38.2 Å². The van der Waals surface area contributed by atoms with Gasteiger partial charge in [0.25, 0.3) is 0 Å². The summed E-state index contributed by atoms with van der Waals surface area (Å²) in [6, 6.07) is 8.78. The SMILES string of the molecule is CC(C)N1CCN(c2cnc(-c3ccc(CC(=O)CC4CC4)cc3)cn2)CC1. The molecule has 2 fully saturated rings. The number of rotatable bonds is 7. The lowest BCUT2D eigenvalue weighted by Gasteiger charge is -2.37. The van der Waals surface area contributed by atoms with Crippen molar-refractivity contribution in [3.8, 4) is 11.3 Å². The van der Waals surface area contributed by atoms with Crippen LogP contribution >= 0.6 is 0 Å². The van der Waals surface area contributed by atoms with Crippen LogP contribution in [-0.2, 0) is 11.2 Å². The number of anilines is 1. The Bertz CT molecular complexity index is 788. The van der Waals surface area contributed by atoms with Gasteiger partial charge in [0, 0.05) is 50.6 Å². The Balaban J connectivity index is 1.35. The number of hydrogen-bond acceptors (Lipinski definition) is 5. The van der Waals surface area contributed by atoms with Crippen LogP contribution < -0.4 is 4.90 Å². The molecule has 1 aromatic heterocycles. The summed E-state index contributed by atoms with van der Waals surface area (Å²) < 4.78 is 0. The lowest BCUT2D eigenvalue weighted by molar-refractivity contribution is -0.118. The maximum atomic E-state index is 12.0.